The van der Waals surface area contributed by atoms with Gasteiger partial charge in [-0.25, -0.2) is 4.99 Å². The van der Waals surface area contributed by atoms with Gasteiger partial charge in [0.15, 0.2) is 5.96 Å². The lowest BCUT2D eigenvalue weighted by Gasteiger charge is -2.23. The van der Waals surface area contributed by atoms with E-state index >= 15 is 0 Å². The van der Waals surface area contributed by atoms with Gasteiger partial charge < -0.3 is 20.1 Å². The van der Waals surface area contributed by atoms with E-state index in [9.17, 15) is 0 Å². The zero-order chi connectivity index (χ0) is 17.1. The van der Waals surface area contributed by atoms with E-state index in [0.29, 0.717) is 6.54 Å². The number of methoxy groups -OCH3 is 1. The molecule has 5 nitrogen and oxygen atoms in total. The first-order chi connectivity index (χ1) is 11.0. The summed E-state index contributed by atoms with van der Waals surface area (Å²) < 4.78 is 11.1. The molecule has 1 aromatic rings. The Hall–Kier alpha value is -1.02. The molecule has 0 aliphatic carbocycles. The molecule has 0 fully saturated rings. The van der Waals surface area contributed by atoms with Crippen molar-refractivity contribution in [1.82, 2.24) is 10.6 Å². The van der Waals surface area contributed by atoms with E-state index in [4.69, 9.17) is 9.47 Å². The molecule has 6 heteroatoms. The summed E-state index contributed by atoms with van der Waals surface area (Å²) in [4.78, 5) is 4.65. The minimum absolute atomic E-state index is 0. The highest BCUT2D eigenvalue weighted by molar-refractivity contribution is 14.0. The van der Waals surface area contributed by atoms with Crippen LogP contribution in [0.25, 0.3) is 0 Å². The van der Waals surface area contributed by atoms with Gasteiger partial charge in [0.2, 0.25) is 0 Å². The smallest absolute Gasteiger partial charge is 0.191 e. The van der Waals surface area contributed by atoms with E-state index in [2.05, 4.69) is 49.4 Å². The summed E-state index contributed by atoms with van der Waals surface area (Å²) in [5.41, 5.74) is 0.861. The van der Waals surface area contributed by atoms with Crippen molar-refractivity contribution in [3.63, 3.8) is 0 Å². The molecule has 24 heavy (non-hydrogen) atoms. The maximum Gasteiger partial charge on any atom is 0.191 e. The van der Waals surface area contributed by atoms with Gasteiger partial charge in [-0.15, -0.1) is 24.0 Å². The fraction of sp³-hybridized carbons (Fsp3) is 0.611. The van der Waals surface area contributed by atoms with Gasteiger partial charge in [0, 0.05) is 32.4 Å². The summed E-state index contributed by atoms with van der Waals surface area (Å²) >= 11 is 0. The maximum absolute atomic E-state index is 6.01. The van der Waals surface area contributed by atoms with Gasteiger partial charge in [0.05, 0.1) is 6.54 Å². The SMILES string of the molecule is CCNC(=NCc1ccccc1OC(C)(C)C)NCCCOC.I. The molecule has 0 heterocycles. The number of aliphatic imine (C=N–C) groups is 1. The van der Waals surface area contributed by atoms with Crippen LogP contribution in [-0.4, -0.2) is 38.4 Å². The first-order valence-corrected chi connectivity index (χ1v) is 8.24. The third-order valence-electron chi connectivity index (χ3n) is 2.96. The van der Waals surface area contributed by atoms with E-state index in [-0.39, 0.29) is 29.6 Å². The van der Waals surface area contributed by atoms with Crippen molar-refractivity contribution >= 4 is 29.9 Å². The Bertz CT molecular complexity index is 487. The zero-order valence-corrected chi connectivity index (χ0v) is 17.8. The standard InChI is InChI=1S/C18H31N3O2.HI/c1-6-19-17(20-12-9-13-22-5)21-14-15-10-7-8-11-16(15)23-18(2,3)4;/h7-8,10-11H,6,9,12-14H2,1-5H3,(H2,19,20,21);1H. The molecule has 0 spiro atoms. The van der Waals surface area contributed by atoms with E-state index in [1.807, 2.05) is 18.2 Å². The summed E-state index contributed by atoms with van der Waals surface area (Å²) in [7, 11) is 1.71. The van der Waals surface area contributed by atoms with Crippen LogP contribution in [0.15, 0.2) is 29.3 Å². The quantitative estimate of drug-likeness (QED) is 0.276. The average molecular weight is 449 g/mol. The molecule has 0 saturated carbocycles. The molecule has 1 rings (SSSR count). The normalized spacial score (nSPS) is 11.6. The predicted octanol–water partition coefficient (Wildman–Crippen LogP) is 3.57. The Labute approximate surface area is 163 Å². The number of ether oxygens (including phenoxy) is 2. The van der Waals surface area contributed by atoms with Gasteiger partial charge in [-0.3, -0.25) is 0 Å². The number of hydrogen-bond donors (Lipinski definition) is 2. The van der Waals surface area contributed by atoms with Crippen molar-refractivity contribution in [3.05, 3.63) is 29.8 Å². The number of para-hydroxylation sites is 1. The number of guanidine groups is 1. The van der Waals surface area contributed by atoms with Gasteiger partial charge in [0.25, 0.3) is 0 Å². The van der Waals surface area contributed by atoms with Crippen molar-refractivity contribution in [2.75, 3.05) is 26.8 Å². The van der Waals surface area contributed by atoms with Crippen LogP contribution in [0, 0.1) is 0 Å². The maximum atomic E-state index is 6.01. The molecule has 0 saturated heterocycles. The fourth-order valence-corrected chi connectivity index (χ4v) is 1.99. The summed E-state index contributed by atoms with van der Waals surface area (Å²) in [5.74, 6) is 1.70. The monoisotopic (exact) mass is 449 g/mol. The molecular formula is C18H32IN3O2. The summed E-state index contributed by atoms with van der Waals surface area (Å²) in [6.45, 7) is 11.2. The van der Waals surface area contributed by atoms with E-state index < -0.39 is 0 Å². The third-order valence-corrected chi connectivity index (χ3v) is 2.96. The summed E-state index contributed by atoms with van der Waals surface area (Å²) in [6, 6.07) is 8.05. The van der Waals surface area contributed by atoms with E-state index in [1.54, 1.807) is 7.11 Å². The van der Waals surface area contributed by atoms with Crippen molar-refractivity contribution in [2.45, 2.75) is 46.3 Å². The number of benzene rings is 1. The lowest BCUT2D eigenvalue weighted by Crippen LogP contribution is -2.38. The highest BCUT2D eigenvalue weighted by Crippen LogP contribution is 2.23. The van der Waals surface area contributed by atoms with Gasteiger partial charge in [-0.1, -0.05) is 18.2 Å². The van der Waals surface area contributed by atoms with E-state index in [0.717, 1.165) is 43.4 Å². The van der Waals surface area contributed by atoms with Crippen LogP contribution in [-0.2, 0) is 11.3 Å². The van der Waals surface area contributed by atoms with Crippen molar-refractivity contribution in [1.29, 1.82) is 0 Å². The first-order valence-electron chi connectivity index (χ1n) is 8.24. The van der Waals surface area contributed by atoms with Crippen LogP contribution in [0.5, 0.6) is 5.75 Å². The molecule has 0 atom stereocenters. The number of nitrogens with one attached hydrogen (secondary N) is 2. The number of rotatable bonds is 8. The van der Waals surface area contributed by atoms with Gasteiger partial charge in [-0.2, -0.15) is 0 Å². The molecule has 0 unspecified atom stereocenters. The summed E-state index contributed by atoms with van der Waals surface area (Å²) in [5, 5.41) is 6.57. The highest BCUT2D eigenvalue weighted by Gasteiger charge is 2.14. The second-order valence-corrected chi connectivity index (χ2v) is 6.29. The molecule has 0 aromatic heterocycles. The van der Waals surface area contributed by atoms with Gasteiger partial charge in [0.1, 0.15) is 11.4 Å². The van der Waals surface area contributed by atoms with Crippen molar-refractivity contribution in [3.8, 4) is 5.75 Å². The zero-order valence-electron chi connectivity index (χ0n) is 15.5. The molecule has 138 valence electrons. The third kappa shape index (κ3) is 9.97. The fourth-order valence-electron chi connectivity index (χ4n) is 1.99. The van der Waals surface area contributed by atoms with Crippen LogP contribution in [0.2, 0.25) is 0 Å². The Morgan fingerprint density at radius 1 is 1.17 bits per heavy atom. The Morgan fingerprint density at radius 3 is 2.50 bits per heavy atom. The van der Waals surface area contributed by atoms with Gasteiger partial charge >= 0.3 is 0 Å². The largest absolute Gasteiger partial charge is 0.488 e. The number of halogens is 1. The van der Waals surface area contributed by atoms with Crippen molar-refractivity contribution in [2.24, 2.45) is 4.99 Å². The van der Waals surface area contributed by atoms with Crippen LogP contribution in [0.4, 0.5) is 0 Å². The molecule has 2 N–H and O–H groups in total. The molecular weight excluding hydrogens is 417 g/mol. The van der Waals surface area contributed by atoms with E-state index in [1.165, 1.54) is 0 Å². The number of nitrogens with zero attached hydrogens (tertiary/aromatic N) is 1. The second kappa shape index (κ2) is 12.4. The Morgan fingerprint density at radius 2 is 1.88 bits per heavy atom. The van der Waals surface area contributed by atoms with Crippen LogP contribution in [0.1, 0.15) is 39.7 Å². The molecule has 0 aliphatic rings. The molecule has 0 bridgehead atoms. The topological polar surface area (TPSA) is 54.9 Å². The second-order valence-electron chi connectivity index (χ2n) is 6.29. The highest BCUT2D eigenvalue weighted by atomic mass is 127. The lowest BCUT2D eigenvalue weighted by atomic mass is 10.1. The van der Waals surface area contributed by atoms with Crippen LogP contribution in [0.3, 0.4) is 0 Å². The predicted molar refractivity (Wildman–Crippen MR) is 112 cm³/mol. The molecule has 0 aliphatic heterocycles. The minimum atomic E-state index is -0.220. The minimum Gasteiger partial charge on any atom is -0.488 e. The number of hydrogen-bond acceptors (Lipinski definition) is 3. The van der Waals surface area contributed by atoms with Gasteiger partial charge in [-0.05, 0) is 40.2 Å². The molecule has 1 aromatic carbocycles. The van der Waals surface area contributed by atoms with Crippen LogP contribution >= 0.6 is 24.0 Å². The first kappa shape index (κ1) is 23.0. The lowest BCUT2D eigenvalue weighted by molar-refractivity contribution is 0.129. The van der Waals surface area contributed by atoms with Crippen LogP contribution < -0.4 is 15.4 Å². The molecule has 0 amide bonds. The Kier molecular flexibility index (Phi) is 11.8. The van der Waals surface area contributed by atoms with Crippen molar-refractivity contribution < 1.29 is 9.47 Å². The summed E-state index contributed by atoms with van der Waals surface area (Å²) in [6.07, 6.45) is 0.949. The molecule has 0 radical (unpaired) electrons. The average Bonchev–Trinajstić information content (AvgIpc) is 2.49. The Balaban J connectivity index is 0.00000529.